The van der Waals surface area contributed by atoms with Crippen LogP contribution in [0.5, 0.6) is 0 Å². The zero-order chi connectivity index (χ0) is 17.1. The van der Waals surface area contributed by atoms with E-state index in [4.69, 9.17) is 5.11 Å². The zero-order valence-corrected chi connectivity index (χ0v) is 12.9. The highest BCUT2D eigenvalue weighted by molar-refractivity contribution is 5.96. The second-order valence-electron chi connectivity index (χ2n) is 5.97. The number of carbonyl (C=O) groups is 2. The number of halogens is 1. The summed E-state index contributed by atoms with van der Waals surface area (Å²) in [5.74, 6) is -1.43. The van der Waals surface area contributed by atoms with Gasteiger partial charge in [-0.15, -0.1) is 0 Å². The molecule has 5 nitrogen and oxygen atoms in total. The summed E-state index contributed by atoms with van der Waals surface area (Å²) in [6.07, 6.45) is 3.86. The molecule has 3 rings (SSSR count). The van der Waals surface area contributed by atoms with Crippen molar-refractivity contribution in [2.24, 2.45) is 0 Å². The lowest BCUT2D eigenvalue weighted by atomic mass is 9.97. The van der Waals surface area contributed by atoms with Crippen LogP contribution >= 0.6 is 0 Å². The summed E-state index contributed by atoms with van der Waals surface area (Å²) in [7, 11) is 0. The van der Waals surface area contributed by atoms with Crippen molar-refractivity contribution in [3.8, 4) is 0 Å². The predicted octanol–water partition coefficient (Wildman–Crippen LogP) is 2.99. The Morgan fingerprint density at radius 1 is 1.17 bits per heavy atom. The molecule has 0 spiro atoms. The molecule has 124 valence electrons. The number of carboxylic acid groups (broad SMARTS) is 1. The number of nitrogens with zero attached hydrogens (tertiary/aromatic N) is 1. The maximum Gasteiger partial charge on any atom is 0.354 e. The van der Waals surface area contributed by atoms with Crippen molar-refractivity contribution in [3.63, 3.8) is 0 Å². The number of hydrogen-bond acceptors (Lipinski definition) is 3. The molecule has 1 amide bonds. The van der Waals surface area contributed by atoms with Gasteiger partial charge < -0.3 is 10.4 Å². The van der Waals surface area contributed by atoms with Crippen molar-refractivity contribution >= 4 is 11.9 Å². The molecule has 0 aliphatic heterocycles. The molecule has 1 heterocycles. The van der Waals surface area contributed by atoms with E-state index >= 15 is 0 Å². The number of nitrogens with one attached hydrogen (secondary N) is 1. The zero-order valence-electron chi connectivity index (χ0n) is 12.9. The lowest BCUT2D eigenvalue weighted by Crippen LogP contribution is -2.33. The van der Waals surface area contributed by atoms with Crippen LogP contribution in [0, 0.1) is 5.82 Å². The Labute approximate surface area is 138 Å². The standard InChI is InChI=1S/C18H17FN2O3/c19-14-4-1-11(2-5-14)12-3-6-15(9-12)21-17(22)13-7-8-20-16(10-13)18(23)24/h1-2,4-5,7-8,10,12,15H,3,6,9H2,(H,21,22)(H,23,24). The molecule has 1 aliphatic carbocycles. The first kappa shape index (κ1) is 16.1. The van der Waals surface area contributed by atoms with Crippen molar-refractivity contribution in [1.82, 2.24) is 10.3 Å². The van der Waals surface area contributed by atoms with E-state index in [1.54, 1.807) is 12.1 Å². The van der Waals surface area contributed by atoms with Crippen LogP contribution < -0.4 is 5.32 Å². The number of hydrogen-bond donors (Lipinski definition) is 2. The number of benzene rings is 1. The molecule has 1 fully saturated rings. The van der Waals surface area contributed by atoms with E-state index < -0.39 is 5.97 Å². The van der Waals surface area contributed by atoms with Crippen LogP contribution in [0.25, 0.3) is 0 Å². The molecule has 1 aliphatic rings. The molecule has 0 bridgehead atoms. The fourth-order valence-electron chi connectivity index (χ4n) is 3.11. The van der Waals surface area contributed by atoms with Crippen molar-refractivity contribution in [2.75, 3.05) is 0 Å². The van der Waals surface area contributed by atoms with Gasteiger partial charge in [0.05, 0.1) is 0 Å². The van der Waals surface area contributed by atoms with E-state index in [-0.39, 0.29) is 29.0 Å². The fourth-order valence-corrected chi connectivity index (χ4v) is 3.11. The second-order valence-corrected chi connectivity index (χ2v) is 5.97. The van der Waals surface area contributed by atoms with E-state index in [1.165, 1.54) is 30.5 Å². The van der Waals surface area contributed by atoms with Gasteiger partial charge in [0.25, 0.3) is 5.91 Å². The highest BCUT2D eigenvalue weighted by Crippen LogP contribution is 2.34. The highest BCUT2D eigenvalue weighted by Gasteiger charge is 2.27. The van der Waals surface area contributed by atoms with Gasteiger partial charge in [-0.1, -0.05) is 12.1 Å². The molecule has 1 saturated carbocycles. The first-order chi connectivity index (χ1) is 11.5. The Balaban J connectivity index is 1.63. The molecular formula is C18H17FN2O3. The van der Waals surface area contributed by atoms with Crippen LogP contribution in [-0.2, 0) is 0 Å². The molecule has 1 aromatic carbocycles. The van der Waals surface area contributed by atoms with Gasteiger partial charge in [0, 0.05) is 17.8 Å². The number of aromatic carboxylic acids is 1. The Hall–Kier alpha value is -2.76. The number of pyridine rings is 1. The van der Waals surface area contributed by atoms with Gasteiger partial charge in [0.1, 0.15) is 11.5 Å². The average molecular weight is 328 g/mol. The second kappa shape index (κ2) is 6.78. The average Bonchev–Trinajstić information content (AvgIpc) is 3.04. The quantitative estimate of drug-likeness (QED) is 0.904. The topological polar surface area (TPSA) is 79.3 Å². The molecule has 6 heteroatoms. The molecule has 0 radical (unpaired) electrons. The lowest BCUT2D eigenvalue weighted by molar-refractivity contribution is 0.0690. The van der Waals surface area contributed by atoms with Gasteiger partial charge >= 0.3 is 5.97 Å². The Kier molecular flexibility index (Phi) is 4.55. The van der Waals surface area contributed by atoms with Gasteiger partial charge in [0.15, 0.2) is 0 Å². The Morgan fingerprint density at radius 3 is 2.62 bits per heavy atom. The van der Waals surface area contributed by atoms with E-state index in [0.717, 1.165) is 24.8 Å². The number of carboxylic acids is 1. The maximum absolute atomic E-state index is 13.0. The number of amides is 1. The minimum absolute atomic E-state index is 0.0222. The molecule has 2 aromatic rings. The van der Waals surface area contributed by atoms with E-state index in [1.807, 2.05) is 0 Å². The van der Waals surface area contributed by atoms with Crippen LogP contribution in [0.1, 0.15) is 51.6 Å². The van der Waals surface area contributed by atoms with Crippen LogP contribution in [0.15, 0.2) is 42.6 Å². The van der Waals surface area contributed by atoms with E-state index in [0.29, 0.717) is 5.92 Å². The molecule has 1 aromatic heterocycles. The Bertz CT molecular complexity index is 761. The van der Waals surface area contributed by atoms with Gasteiger partial charge in [0.2, 0.25) is 0 Å². The smallest absolute Gasteiger partial charge is 0.354 e. The number of rotatable bonds is 4. The van der Waals surface area contributed by atoms with Gasteiger partial charge in [-0.25, -0.2) is 14.2 Å². The lowest BCUT2D eigenvalue weighted by Gasteiger charge is -2.14. The summed E-state index contributed by atoms with van der Waals surface area (Å²) >= 11 is 0. The number of carbonyl (C=O) groups excluding carboxylic acids is 1. The van der Waals surface area contributed by atoms with Gasteiger partial charge in [-0.2, -0.15) is 0 Å². The molecule has 2 atom stereocenters. The highest BCUT2D eigenvalue weighted by atomic mass is 19.1. The summed E-state index contributed by atoms with van der Waals surface area (Å²) < 4.78 is 13.0. The third-order valence-corrected chi connectivity index (χ3v) is 4.35. The largest absolute Gasteiger partial charge is 0.477 e. The van der Waals surface area contributed by atoms with Crippen LogP contribution in [0.2, 0.25) is 0 Å². The minimum Gasteiger partial charge on any atom is -0.477 e. The molecule has 24 heavy (non-hydrogen) atoms. The predicted molar refractivity (Wildman–Crippen MR) is 85.4 cm³/mol. The number of aromatic nitrogens is 1. The third-order valence-electron chi connectivity index (χ3n) is 4.35. The van der Waals surface area contributed by atoms with E-state index in [9.17, 15) is 14.0 Å². The maximum atomic E-state index is 13.0. The van der Waals surface area contributed by atoms with Crippen molar-refractivity contribution < 1.29 is 19.1 Å². The van der Waals surface area contributed by atoms with Gasteiger partial charge in [-0.3, -0.25) is 4.79 Å². The summed E-state index contributed by atoms with van der Waals surface area (Å²) in [5, 5.41) is 11.9. The fraction of sp³-hybridized carbons (Fsp3) is 0.278. The summed E-state index contributed by atoms with van der Waals surface area (Å²) in [6, 6.07) is 9.25. The normalized spacial score (nSPS) is 19.9. The van der Waals surface area contributed by atoms with Crippen molar-refractivity contribution in [1.29, 1.82) is 0 Å². The summed E-state index contributed by atoms with van der Waals surface area (Å²) in [5.41, 5.74) is 1.20. The molecule has 2 N–H and O–H groups in total. The van der Waals surface area contributed by atoms with Crippen molar-refractivity contribution in [2.45, 2.75) is 31.2 Å². The first-order valence-electron chi connectivity index (χ1n) is 7.78. The van der Waals surface area contributed by atoms with Crippen LogP contribution in [0.4, 0.5) is 4.39 Å². The van der Waals surface area contributed by atoms with E-state index in [2.05, 4.69) is 10.3 Å². The Morgan fingerprint density at radius 2 is 1.92 bits per heavy atom. The summed E-state index contributed by atoms with van der Waals surface area (Å²) in [6.45, 7) is 0. The molecule has 0 saturated heterocycles. The van der Waals surface area contributed by atoms with Crippen LogP contribution in [-0.4, -0.2) is 28.0 Å². The first-order valence-corrected chi connectivity index (χ1v) is 7.78. The van der Waals surface area contributed by atoms with Crippen LogP contribution in [0.3, 0.4) is 0 Å². The summed E-state index contributed by atoms with van der Waals surface area (Å²) in [4.78, 5) is 26.9. The molecular weight excluding hydrogens is 311 g/mol. The SMILES string of the molecule is O=C(NC1CCC(c2ccc(F)cc2)C1)c1ccnc(C(=O)O)c1. The minimum atomic E-state index is -1.16. The van der Waals surface area contributed by atoms with Crippen molar-refractivity contribution in [3.05, 3.63) is 65.2 Å². The monoisotopic (exact) mass is 328 g/mol. The third kappa shape index (κ3) is 3.59. The van der Waals surface area contributed by atoms with Gasteiger partial charge in [-0.05, 0) is 55.0 Å². The molecule has 2 unspecified atom stereocenters.